The standard InChI is InChI=1S/C11H23NO2/c1-10(8-14-2)12-9-11(13)6-4-3-5-7-11/h10,12-13H,3-9H2,1-2H3. The van der Waals surface area contributed by atoms with Crippen molar-refractivity contribution in [3.05, 3.63) is 0 Å². The monoisotopic (exact) mass is 201 g/mol. The minimum atomic E-state index is -0.458. The first kappa shape index (κ1) is 12.0. The Morgan fingerprint density at radius 3 is 2.57 bits per heavy atom. The molecule has 0 bridgehead atoms. The maximum atomic E-state index is 10.2. The van der Waals surface area contributed by atoms with Crippen molar-refractivity contribution in [2.45, 2.75) is 50.7 Å². The smallest absolute Gasteiger partial charge is 0.0771 e. The molecule has 0 saturated heterocycles. The Hall–Kier alpha value is -0.120. The fourth-order valence-electron chi connectivity index (χ4n) is 2.06. The molecule has 84 valence electrons. The maximum Gasteiger partial charge on any atom is 0.0771 e. The van der Waals surface area contributed by atoms with Crippen molar-refractivity contribution in [3.63, 3.8) is 0 Å². The largest absolute Gasteiger partial charge is 0.389 e. The molecule has 0 aromatic heterocycles. The first-order valence-electron chi connectivity index (χ1n) is 5.61. The molecule has 1 rings (SSSR count). The number of ether oxygens (including phenoxy) is 1. The Balaban J connectivity index is 2.21. The van der Waals surface area contributed by atoms with E-state index in [1.54, 1.807) is 7.11 Å². The minimum absolute atomic E-state index is 0.325. The van der Waals surface area contributed by atoms with Gasteiger partial charge in [-0.3, -0.25) is 0 Å². The van der Waals surface area contributed by atoms with E-state index in [0.717, 1.165) is 25.7 Å². The Labute approximate surface area is 86.8 Å². The van der Waals surface area contributed by atoms with Gasteiger partial charge in [-0.2, -0.15) is 0 Å². The van der Waals surface area contributed by atoms with Crippen LogP contribution in [0.3, 0.4) is 0 Å². The second-order valence-electron chi connectivity index (χ2n) is 4.52. The highest BCUT2D eigenvalue weighted by Crippen LogP contribution is 2.27. The summed E-state index contributed by atoms with van der Waals surface area (Å²) in [6.07, 6.45) is 5.49. The molecule has 3 nitrogen and oxygen atoms in total. The molecule has 0 aromatic carbocycles. The van der Waals surface area contributed by atoms with E-state index in [4.69, 9.17) is 4.74 Å². The summed E-state index contributed by atoms with van der Waals surface area (Å²) in [6, 6.07) is 0.325. The van der Waals surface area contributed by atoms with Crippen molar-refractivity contribution in [1.82, 2.24) is 5.32 Å². The average molecular weight is 201 g/mol. The van der Waals surface area contributed by atoms with Crippen LogP contribution in [0.25, 0.3) is 0 Å². The number of hydrogen-bond acceptors (Lipinski definition) is 3. The number of rotatable bonds is 5. The summed E-state index contributed by atoms with van der Waals surface area (Å²) >= 11 is 0. The zero-order chi connectivity index (χ0) is 10.4. The van der Waals surface area contributed by atoms with Crippen LogP contribution in [-0.2, 0) is 4.74 Å². The Morgan fingerprint density at radius 1 is 1.36 bits per heavy atom. The van der Waals surface area contributed by atoms with Gasteiger partial charge in [-0.25, -0.2) is 0 Å². The van der Waals surface area contributed by atoms with E-state index in [0.29, 0.717) is 19.2 Å². The van der Waals surface area contributed by atoms with E-state index in [1.807, 2.05) is 0 Å². The predicted octanol–water partition coefficient (Wildman–Crippen LogP) is 1.31. The molecule has 1 atom stereocenters. The van der Waals surface area contributed by atoms with Gasteiger partial charge in [0, 0.05) is 19.7 Å². The second kappa shape index (κ2) is 5.69. The fraction of sp³-hybridized carbons (Fsp3) is 1.00. The highest BCUT2D eigenvalue weighted by molar-refractivity contribution is 4.85. The van der Waals surface area contributed by atoms with Crippen LogP contribution in [0, 0.1) is 0 Å². The molecular weight excluding hydrogens is 178 g/mol. The van der Waals surface area contributed by atoms with Crippen LogP contribution < -0.4 is 5.32 Å². The Bertz CT molecular complexity index is 155. The van der Waals surface area contributed by atoms with Crippen LogP contribution in [0.15, 0.2) is 0 Å². The third-order valence-electron chi connectivity index (χ3n) is 2.98. The van der Waals surface area contributed by atoms with Gasteiger partial charge in [0.05, 0.1) is 12.2 Å². The lowest BCUT2D eigenvalue weighted by Gasteiger charge is -2.33. The van der Waals surface area contributed by atoms with E-state index in [1.165, 1.54) is 6.42 Å². The summed E-state index contributed by atoms with van der Waals surface area (Å²) in [7, 11) is 1.70. The number of hydrogen-bond donors (Lipinski definition) is 2. The summed E-state index contributed by atoms with van der Waals surface area (Å²) in [5, 5.41) is 13.5. The van der Waals surface area contributed by atoms with Crippen LogP contribution in [0.4, 0.5) is 0 Å². The number of aliphatic hydroxyl groups is 1. The molecule has 14 heavy (non-hydrogen) atoms. The van der Waals surface area contributed by atoms with E-state index in [-0.39, 0.29) is 0 Å². The quantitative estimate of drug-likeness (QED) is 0.704. The van der Waals surface area contributed by atoms with Crippen molar-refractivity contribution in [3.8, 4) is 0 Å². The first-order valence-corrected chi connectivity index (χ1v) is 5.61. The normalized spacial score (nSPS) is 23.4. The molecule has 1 saturated carbocycles. The molecular formula is C11H23NO2. The molecule has 0 amide bonds. The lowest BCUT2D eigenvalue weighted by molar-refractivity contribution is 0.000912. The van der Waals surface area contributed by atoms with Crippen LogP contribution in [0.5, 0.6) is 0 Å². The van der Waals surface area contributed by atoms with E-state index in [9.17, 15) is 5.11 Å². The highest BCUT2D eigenvalue weighted by Gasteiger charge is 2.28. The molecule has 1 fully saturated rings. The topological polar surface area (TPSA) is 41.5 Å². The first-order chi connectivity index (χ1) is 6.66. The van der Waals surface area contributed by atoms with Gasteiger partial charge in [-0.15, -0.1) is 0 Å². The summed E-state index contributed by atoms with van der Waals surface area (Å²) in [6.45, 7) is 3.49. The summed E-state index contributed by atoms with van der Waals surface area (Å²) in [4.78, 5) is 0. The van der Waals surface area contributed by atoms with Crippen molar-refractivity contribution in [1.29, 1.82) is 0 Å². The lowest BCUT2D eigenvalue weighted by Crippen LogP contribution is -2.46. The molecule has 0 aromatic rings. The van der Waals surface area contributed by atoms with Crippen LogP contribution >= 0.6 is 0 Å². The van der Waals surface area contributed by atoms with Crippen molar-refractivity contribution in [2.24, 2.45) is 0 Å². The zero-order valence-electron chi connectivity index (χ0n) is 9.38. The Kier molecular flexibility index (Phi) is 4.85. The molecule has 0 radical (unpaired) electrons. The molecule has 0 heterocycles. The SMILES string of the molecule is COCC(C)NCC1(O)CCCCC1. The van der Waals surface area contributed by atoms with Crippen molar-refractivity contribution >= 4 is 0 Å². The van der Waals surface area contributed by atoms with Crippen molar-refractivity contribution in [2.75, 3.05) is 20.3 Å². The van der Waals surface area contributed by atoms with Gasteiger partial charge in [0.25, 0.3) is 0 Å². The van der Waals surface area contributed by atoms with Gasteiger partial charge < -0.3 is 15.2 Å². The Morgan fingerprint density at radius 2 is 2.00 bits per heavy atom. The highest BCUT2D eigenvalue weighted by atomic mass is 16.5. The zero-order valence-corrected chi connectivity index (χ0v) is 9.38. The minimum Gasteiger partial charge on any atom is -0.389 e. The van der Waals surface area contributed by atoms with E-state index in [2.05, 4.69) is 12.2 Å². The van der Waals surface area contributed by atoms with Gasteiger partial charge in [-0.1, -0.05) is 19.3 Å². The van der Waals surface area contributed by atoms with Crippen molar-refractivity contribution < 1.29 is 9.84 Å². The summed E-state index contributed by atoms with van der Waals surface area (Å²) in [5.41, 5.74) is -0.458. The summed E-state index contributed by atoms with van der Waals surface area (Å²) in [5.74, 6) is 0. The van der Waals surface area contributed by atoms with Crippen LogP contribution in [0.1, 0.15) is 39.0 Å². The van der Waals surface area contributed by atoms with E-state index >= 15 is 0 Å². The molecule has 0 spiro atoms. The maximum absolute atomic E-state index is 10.2. The van der Waals surface area contributed by atoms with Crippen LogP contribution in [-0.4, -0.2) is 37.0 Å². The van der Waals surface area contributed by atoms with Crippen LogP contribution in [0.2, 0.25) is 0 Å². The average Bonchev–Trinajstić information content (AvgIpc) is 2.17. The van der Waals surface area contributed by atoms with Gasteiger partial charge in [0.15, 0.2) is 0 Å². The van der Waals surface area contributed by atoms with E-state index < -0.39 is 5.60 Å². The molecule has 1 aliphatic rings. The molecule has 2 N–H and O–H groups in total. The van der Waals surface area contributed by atoms with Gasteiger partial charge in [-0.05, 0) is 19.8 Å². The predicted molar refractivity (Wildman–Crippen MR) is 57.4 cm³/mol. The summed E-state index contributed by atoms with van der Waals surface area (Å²) < 4.78 is 5.03. The second-order valence-corrected chi connectivity index (χ2v) is 4.52. The number of nitrogens with one attached hydrogen (secondary N) is 1. The fourth-order valence-corrected chi connectivity index (χ4v) is 2.06. The molecule has 1 aliphatic carbocycles. The third kappa shape index (κ3) is 3.95. The molecule has 3 heteroatoms. The number of methoxy groups -OCH3 is 1. The molecule has 0 aliphatic heterocycles. The van der Waals surface area contributed by atoms with Gasteiger partial charge in [0.1, 0.15) is 0 Å². The lowest BCUT2D eigenvalue weighted by atomic mass is 9.85. The van der Waals surface area contributed by atoms with Gasteiger partial charge >= 0.3 is 0 Å². The third-order valence-corrected chi connectivity index (χ3v) is 2.98. The molecule has 1 unspecified atom stereocenters. The van der Waals surface area contributed by atoms with Gasteiger partial charge in [0.2, 0.25) is 0 Å².